The molecular weight excluding hydrogens is 320 g/mol. The third-order valence-corrected chi connectivity index (χ3v) is 3.99. The Kier molecular flexibility index (Phi) is 4.87. The fourth-order valence-corrected chi connectivity index (χ4v) is 2.48. The molecule has 122 valence electrons. The maximum atomic E-state index is 12.3. The van der Waals surface area contributed by atoms with Crippen LogP contribution in [0.25, 0.3) is 0 Å². The molecule has 0 saturated heterocycles. The van der Waals surface area contributed by atoms with E-state index in [-0.39, 0.29) is 10.5 Å². The lowest BCUT2D eigenvalue weighted by molar-refractivity contribution is 0.102. The molecule has 0 aliphatic rings. The van der Waals surface area contributed by atoms with Crippen molar-refractivity contribution in [1.29, 1.82) is 0 Å². The van der Waals surface area contributed by atoms with Gasteiger partial charge in [-0.25, -0.2) is 13.6 Å². The summed E-state index contributed by atoms with van der Waals surface area (Å²) in [6.07, 6.45) is 0. The third-order valence-electron chi connectivity index (χ3n) is 3.08. The van der Waals surface area contributed by atoms with Gasteiger partial charge in [-0.15, -0.1) is 0 Å². The molecule has 8 heteroatoms. The molecule has 0 aromatic heterocycles. The van der Waals surface area contributed by atoms with Gasteiger partial charge in [0.2, 0.25) is 10.0 Å². The van der Waals surface area contributed by atoms with Crippen molar-refractivity contribution in [3.05, 3.63) is 48.0 Å². The first-order valence-electron chi connectivity index (χ1n) is 6.51. The number of nitrogens with one attached hydrogen (secondary N) is 1. The van der Waals surface area contributed by atoms with Crippen LogP contribution in [0.15, 0.2) is 47.4 Å². The quantitative estimate of drug-likeness (QED) is 0.862. The number of rotatable bonds is 5. The molecule has 7 nitrogen and oxygen atoms in total. The number of methoxy groups -OCH3 is 2. The molecule has 0 saturated carbocycles. The maximum Gasteiger partial charge on any atom is 0.255 e. The highest BCUT2D eigenvalue weighted by Gasteiger charge is 2.14. The summed E-state index contributed by atoms with van der Waals surface area (Å²) in [5, 5.41) is 7.72. The van der Waals surface area contributed by atoms with Gasteiger partial charge in [-0.3, -0.25) is 4.79 Å². The lowest BCUT2D eigenvalue weighted by atomic mass is 10.2. The van der Waals surface area contributed by atoms with Crippen molar-refractivity contribution in [1.82, 2.24) is 0 Å². The Morgan fingerprint density at radius 2 is 1.83 bits per heavy atom. The van der Waals surface area contributed by atoms with Crippen molar-refractivity contribution < 1.29 is 22.7 Å². The van der Waals surface area contributed by atoms with E-state index in [1.54, 1.807) is 18.2 Å². The monoisotopic (exact) mass is 336 g/mol. The minimum Gasteiger partial charge on any atom is -0.497 e. The summed E-state index contributed by atoms with van der Waals surface area (Å²) in [4.78, 5) is 12.2. The Labute approximate surface area is 134 Å². The minimum atomic E-state index is -3.88. The summed E-state index contributed by atoms with van der Waals surface area (Å²) in [6, 6.07) is 10.4. The van der Waals surface area contributed by atoms with Crippen molar-refractivity contribution in [2.75, 3.05) is 19.5 Å². The largest absolute Gasteiger partial charge is 0.497 e. The number of hydrogen-bond donors (Lipinski definition) is 2. The summed E-state index contributed by atoms with van der Waals surface area (Å²) < 4.78 is 33.0. The predicted molar refractivity (Wildman–Crippen MR) is 85.3 cm³/mol. The molecule has 0 bridgehead atoms. The molecule has 1 amide bonds. The van der Waals surface area contributed by atoms with Gasteiger partial charge in [-0.1, -0.05) is 6.07 Å². The van der Waals surface area contributed by atoms with Gasteiger partial charge in [-0.05, 0) is 30.3 Å². The average Bonchev–Trinajstić information content (AvgIpc) is 2.54. The number of anilines is 1. The van der Waals surface area contributed by atoms with E-state index in [1.807, 2.05) is 0 Å². The highest BCUT2D eigenvalue weighted by molar-refractivity contribution is 7.89. The number of sulfonamides is 1. The second-order valence-corrected chi connectivity index (χ2v) is 6.15. The van der Waals surface area contributed by atoms with Crippen LogP contribution in [-0.4, -0.2) is 28.5 Å². The zero-order valence-corrected chi connectivity index (χ0v) is 13.4. The van der Waals surface area contributed by atoms with Crippen LogP contribution >= 0.6 is 0 Å². The van der Waals surface area contributed by atoms with E-state index in [9.17, 15) is 13.2 Å². The van der Waals surface area contributed by atoms with Gasteiger partial charge in [0.15, 0.2) is 0 Å². The molecular formula is C15H16N2O5S. The molecule has 23 heavy (non-hydrogen) atoms. The molecule has 2 aromatic rings. The molecule has 0 aliphatic heterocycles. The molecule has 0 spiro atoms. The van der Waals surface area contributed by atoms with Crippen LogP contribution in [0.5, 0.6) is 11.5 Å². The third kappa shape index (κ3) is 3.99. The second-order valence-electron chi connectivity index (χ2n) is 4.59. The van der Waals surface area contributed by atoms with Crippen LogP contribution in [0.3, 0.4) is 0 Å². The van der Waals surface area contributed by atoms with Crippen LogP contribution in [0.2, 0.25) is 0 Å². The molecule has 2 rings (SSSR count). The van der Waals surface area contributed by atoms with Crippen molar-refractivity contribution in [3.63, 3.8) is 0 Å². The Balaban J connectivity index is 2.33. The zero-order chi connectivity index (χ0) is 17.0. The highest BCUT2D eigenvalue weighted by Crippen LogP contribution is 2.29. The summed E-state index contributed by atoms with van der Waals surface area (Å²) in [6.45, 7) is 0. The molecule has 0 atom stereocenters. The van der Waals surface area contributed by atoms with Crippen molar-refractivity contribution in [2.45, 2.75) is 4.90 Å². The van der Waals surface area contributed by atoms with Crippen LogP contribution < -0.4 is 19.9 Å². The Morgan fingerprint density at radius 3 is 2.43 bits per heavy atom. The lowest BCUT2D eigenvalue weighted by Crippen LogP contribution is -2.16. The van der Waals surface area contributed by atoms with E-state index in [4.69, 9.17) is 14.6 Å². The number of hydrogen-bond acceptors (Lipinski definition) is 5. The van der Waals surface area contributed by atoms with Crippen LogP contribution in [-0.2, 0) is 10.0 Å². The topological polar surface area (TPSA) is 108 Å². The lowest BCUT2D eigenvalue weighted by Gasteiger charge is -2.12. The predicted octanol–water partition coefficient (Wildman–Crippen LogP) is 1.60. The zero-order valence-electron chi connectivity index (χ0n) is 12.6. The summed E-state index contributed by atoms with van der Waals surface area (Å²) >= 11 is 0. The number of benzene rings is 2. The van der Waals surface area contributed by atoms with E-state index < -0.39 is 15.9 Å². The highest BCUT2D eigenvalue weighted by atomic mass is 32.2. The van der Waals surface area contributed by atoms with E-state index in [0.717, 1.165) is 0 Å². The van der Waals surface area contributed by atoms with Gasteiger partial charge in [-0.2, -0.15) is 0 Å². The molecule has 0 aliphatic carbocycles. The Hall–Kier alpha value is -2.58. The SMILES string of the molecule is COc1ccc(OC)c(NC(=O)c2cccc(S(N)(=O)=O)c2)c1. The Morgan fingerprint density at radius 1 is 1.09 bits per heavy atom. The first kappa shape index (κ1) is 16.8. The molecule has 0 radical (unpaired) electrons. The van der Waals surface area contributed by atoms with Crippen molar-refractivity contribution in [2.24, 2.45) is 5.14 Å². The van der Waals surface area contributed by atoms with E-state index in [1.165, 1.54) is 38.5 Å². The van der Waals surface area contributed by atoms with Crippen molar-refractivity contribution in [3.8, 4) is 11.5 Å². The fourth-order valence-electron chi connectivity index (χ4n) is 1.92. The molecule has 0 unspecified atom stereocenters. The van der Waals surface area contributed by atoms with Crippen molar-refractivity contribution >= 4 is 21.6 Å². The fraction of sp³-hybridized carbons (Fsp3) is 0.133. The number of carbonyl (C=O) groups is 1. The maximum absolute atomic E-state index is 12.3. The summed E-state index contributed by atoms with van der Waals surface area (Å²) in [5.41, 5.74) is 0.555. The molecule has 3 N–H and O–H groups in total. The normalized spacial score (nSPS) is 10.9. The van der Waals surface area contributed by atoms with Gasteiger partial charge in [0.25, 0.3) is 5.91 Å². The van der Waals surface area contributed by atoms with Gasteiger partial charge in [0, 0.05) is 11.6 Å². The number of carbonyl (C=O) groups excluding carboxylic acids is 1. The number of ether oxygens (including phenoxy) is 2. The standard InChI is InChI=1S/C15H16N2O5S/c1-21-11-6-7-14(22-2)13(9-11)17-15(18)10-4-3-5-12(8-10)23(16,19)20/h3-9H,1-2H3,(H,17,18)(H2,16,19,20). The summed E-state index contributed by atoms with van der Waals surface area (Å²) in [7, 11) is -0.906. The first-order valence-corrected chi connectivity index (χ1v) is 8.06. The smallest absolute Gasteiger partial charge is 0.255 e. The molecule has 2 aromatic carbocycles. The number of nitrogens with two attached hydrogens (primary N) is 1. The molecule has 0 heterocycles. The molecule has 0 fully saturated rings. The average molecular weight is 336 g/mol. The van der Waals surface area contributed by atoms with Gasteiger partial charge >= 0.3 is 0 Å². The van der Waals surface area contributed by atoms with E-state index >= 15 is 0 Å². The minimum absolute atomic E-state index is 0.136. The van der Waals surface area contributed by atoms with Crippen LogP contribution in [0.1, 0.15) is 10.4 Å². The van der Waals surface area contributed by atoms with E-state index in [0.29, 0.717) is 17.2 Å². The summed E-state index contributed by atoms with van der Waals surface area (Å²) in [5.74, 6) is 0.489. The van der Waals surface area contributed by atoms with E-state index in [2.05, 4.69) is 5.32 Å². The van der Waals surface area contributed by atoms with Gasteiger partial charge in [0.05, 0.1) is 24.8 Å². The first-order chi connectivity index (χ1) is 10.8. The second kappa shape index (κ2) is 6.67. The van der Waals surface area contributed by atoms with Gasteiger partial charge in [0.1, 0.15) is 11.5 Å². The number of amides is 1. The van der Waals surface area contributed by atoms with Crippen LogP contribution in [0.4, 0.5) is 5.69 Å². The Bertz CT molecular complexity index is 834. The van der Waals surface area contributed by atoms with Gasteiger partial charge < -0.3 is 14.8 Å². The number of primary sulfonamides is 1. The van der Waals surface area contributed by atoms with Crippen LogP contribution in [0, 0.1) is 0 Å².